The monoisotopic (exact) mass is 233 g/mol. The van der Waals surface area contributed by atoms with Gasteiger partial charge in [-0.25, -0.2) is 0 Å². The summed E-state index contributed by atoms with van der Waals surface area (Å²) in [5.41, 5.74) is 1.19. The molecule has 3 heteroatoms. The zero-order valence-electron chi connectivity index (χ0n) is 10.2. The van der Waals surface area contributed by atoms with E-state index in [1.54, 1.807) is 7.11 Å². The van der Waals surface area contributed by atoms with Crippen molar-refractivity contribution < 1.29 is 9.47 Å². The molecule has 1 saturated heterocycles. The maximum atomic E-state index is 5.92. The van der Waals surface area contributed by atoms with Crippen LogP contribution >= 0.6 is 0 Å². The molecule has 1 aromatic rings. The van der Waals surface area contributed by atoms with E-state index < -0.39 is 0 Å². The largest absolute Gasteiger partial charge is 0.493 e. The molecule has 17 heavy (non-hydrogen) atoms. The van der Waals surface area contributed by atoms with E-state index in [0.717, 1.165) is 37.4 Å². The molecule has 1 aliphatic heterocycles. The SMILES string of the molecule is C=CCc1ccc(OC2CCNC2)c(OC)c1. The van der Waals surface area contributed by atoms with Crippen molar-refractivity contribution in [2.45, 2.75) is 18.9 Å². The van der Waals surface area contributed by atoms with Crippen molar-refractivity contribution in [3.05, 3.63) is 36.4 Å². The Morgan fingerprint density at radius 1 is 1.47 bits per heavy atom. The van der Waals surface area contributed by atoms with Crippen LogP contribution in [0, 0.1) is 0 Å². The Hall–Kier alpha value is -1.48. The van der Waals surface area contributed by atoms with E-state index in [4.69, 9.17) is 9.47 Å². The normalized spacial score (nSPS) is 19.0. The minimum Gasteiger partial charge on any atom is -0.493 e. The molecule has 1 aliphatic rings. The number of ether oxygens (including phenoxy) is 2. The first kappa shape index (κ1) is 12.0. The zero-order valence-corrected chi connectivity index (χ0v) is 10.2. The van der Waals surface area contributed by atoms with Crippen molar-refractivity contribution >= 4 is 0 Å². The molecule has 3 nitrogen and oxygen atoms in total. The highest BCUT2D eigenvalue weighted by Crippen LogP contribution is 2.29. The van der Waals surface area contributed by atoms with E-state index in [1.165, 1.54) is 5.56 Å². The Bertz CT molecular complexity index is 384. The third kappa shape index (κ3) is 3.01. The molecule has 0 amide bonds. The van der Waals surface area contributed by atoms with Crippen molar-refractivity contribution in [3.63, 3.8) is 0 Å². The van der Waals surface area contributed by atoms with Gasteiger partial charge in [-0.1, -0.05) is 12.1 Å². The first-order valence-corrected chi connectivity index (χ1v) is 5.98. The number of rotatable bonds is 5. The molecule has 0 spiro atoms. The summed E-state index contributed by atoms with van der Waals surface area (Å²) in [6.45, 7) is 5.68. The van der Waals surface area contributed by atoms with Gasteiger partial charge in [-0.3, -0.25) is 0 Å². The number of hydrogen-bond acceptors (Lipinski definition) is 3. The van der Waals surface area contributed by atoms with Crippen LogP contribution in [-0.2, 0) is 6.42 Å². The van der Waals surface area contributed by atoms with Crippen LogP contribution in [-0.4, -0.2) is 26.3 Å². The Morgan fingerprint density at radius 2 is 2.35 bits per heavy atom. The lowest BCUT2D eigenvalue weighted by molar-refractivity contribution is 0.212. The van der Waals surface area contributed by atoms with E-state index in [1.807, 2.05) is 18.2 Å². The fourth-order valence-corrected chi connectivity index (χ4v) is 2.01. The summed E-state index contributed by atoms with van der Waals surface area (Å²) < 4.78 is 11.3. The molecule has 2 rings (SSSR count). The zero-order chi connectivity index (χ0) is 12.1. The second-order valence-electron chi connectivity index (χ2n) is 4.21. The number of allylic oxidation sites excluding steroid dienone is 1. The van der Waals surface area contributed by atoms with Crippen LogP contribution in [0.25, 0.3) is 0 Å². The van der Waals surface area contributed by atoms with Gasteiger partial charge in [-0.2, -0.15) is 0 Å². The van der Waals surface area contributed by atoms with E-state index in [-0.39, 0.29) is 6.10 Å². The van der Waals surface area contributed by atoms with Gasteiger partial charge >= 0.3 is 0 Å². The predicted octanol–water partition coefficient (Wildman–Crippen LogP) is 2.16. The smallest absolute Gasteiger partial charge is 0.161 e. The summed E-state index contributed by atoms with van der Waals surface area (Å²) in [6, 6.07) is 6.05. The summed E-state index contributed by atoms with van der Waals surface area (Å²) in [5, 5.41) is 3.28. The van der Waals surface area contributed by atoms with E-state index in [2.05, 4.69) is 18.0 Å². The van der Waals surface area contributed by atoms with Crippen molar-refractivity contribution in [1.29, 1.82) is 0 Å². The van der Waals surface area contributed by atoms with Crippen molar-refractivity contribution in [2.24, 2.45) is 0 Å². The molecule has 1 aromatic carbocycles. The van der Waals surface area contributed by atoms with E-state index in [9.17, 15) is 0 Å². The first-order valence-electron chi connectivity index (χ1n) is 5.98. The second kappa shape index (κ2) is 5.73. The van der Waals surface area contributed by atoms with Crippen molar-refractivity contribution in [1.82, 2.24) is 5.32 Å². The molecule has 1 N–H and O–H groups in total. The Kier molecular flexibility index (Phi) is 4.04. The van der Waals surface area contributed by atoms with Crippen LogP contribution in [0.3, 0.4) is 0 Å². The molecule has 1 fully saturated rings. The Labute approximate surface area is 102 Å². The molecular formula is C14H19NO2. The number of methoxy groups -OCH3 is 1. The minimum absolute atomic E-state index is 0.258. The average Bonchev–Trinajstić information content (AvgIpc) is 2.84. The van der Waals surface area contributed by atoms with Crippen LogP contribution in [0.1, 0.15) is 12.0 Å². The van der Waals surface area contributed by atoms with Gasteiger partial charge in [0.1, 0.15) is 6.10 Å². The summed E-state index contributed by atoms with van der Waals surface area (Å²) in [4.78, 5) is 0. The quantitative estimate of drug-likeness (QED) is 0.791. The van der Waals surface area contributed by atoms with Crippen molar-refractivity contribution in [3.8, 4) is 11.5 Å². The maximum Gasteiger partial charge on any atom is 0.161 e. The highest BCUT2D eigenvalue weighted by atomic mass is 16.5. The summed E-state index contributed by atoms with van der Waals surface area (Å²) >= 11 is 0. The molecule has 1 atom stereocenters. The van der Waals surface area contributed by atoms with Gasteiger partial charge in [0.2, 0.25) is 0 Å². The first-order chi connectivity index (χ1) is 8.33. The third-order valence-corrected chi connectivity index (χ3v) is 2.92. The molecule has 1 unspecified atom stereocenters. The van der Waals surface area contributed by atoms with Crippen LogP contribution in [0.5, 0.6) is 11.5 Å². The molecule has 0 radical (unpaired) electrons. The van der Waals surface area contributed by atoms with Gasteiger partial charge in [-0.05, 0) is 37.1 Å². The van der Waals surface area contributed by atoms with E-state index >= 15 is 0 Å². The molecule has 0 bridgehead atoms. The van der Waals surface area contributed by atoms with Gasteiger partial charge in [0.25, 0.3) is 0 Å². The molecule has 92 valence electrons. The molecule has 0 saturated carbocycles. The predicted molar refractivity (Wildman–Crippen MR) is 68.8 cm³/mol. The fraction of sp³-hybridized carbons (Fsp3) is 0.429. The summed E-state index contributed by atoms with van der Waals surface area (Å²) in [7, 11) is 1.67. The maximum absolute atomic E-state index is 5.92. The molecule has 0 aliphatic carbocycles. The van der Waals surface area contributed by atoms with Crippen LogP contribution in [0.4, 0.5) is 0 Å². The Morgan fingerprint density at radius 3 is 3.00 bits per heavy atom. The summed E-state index contributed by atoms with van der Waals surface area (Å²) in [6.07, 6.45) is 4.05. The lowest BCUT2D eigenvalue weighted by Crippen LogP contribution is -2.19. The minimum atomic E-state index is 0.258. The fourth-order valence-electron chi connectivity index (χ4n) is 2.01. The van der Waals surface area contributed by atoms with Gasteiger partial charge in [0, 0.05) is 6.54 Å². The average molecular weight is 233 g/mol. The highest BCUT2D eigenvalue weighted by Gasteiger charge is 2.17. The topological polar surface area (TPSA) is 30.5 Å². The Balaban J connectivity index is 2.12. The van der Waals surface area contributed by atoms with Crippen LogP contribution in [0.15, 0.2) is 30.9 Å². The molecule has 1 heterocycles. The van der Waals surface area contributed by atoms with Gasteiger partial charge in [0.15, 0.2) is 11.5 Å². The van der Waals surface area contributed by atoms with Crippen molar-refractivity contribution in [2.75, 3.05) is 20.2 Å². The molecular weight excluding hydrogens is 214 g/mol. The second-order valence-corrected chi connectivity index (χ2v) is 4.21. The van der Waals surface area contributed by atoms with E-state index in [0.29, 0.717) is 0 Å². The lowest BCUT2D eigenvalue weighted by Gasteiger charge is -2.16. The number of benzene rings is 1. The van der Waals surface area contributed by atoms with Crippen LogP contribution in [0.2, 0.25) is 0 Å². The van der Waals surface area contributed by atoms with Gasteiger partial charge in [0.05, 0.1) is 7.11 Å². The van der Waals surface area contributed by atoms with Gasteiger partial charge < -0.3 is 14.8 Å². The van der Waals surface area contributed by atoms with Gasteiger partial charge in [-0.15, -0.1) is 6.58 Å². The number of nitrogens with one attached hydrogen (secondary N) is 1. The number of hydrogen-bond donors (Lipinski definition) is 1. The summed E-state index contributed by atoms with van der Waals surface area (Å²) in [5.74, 6) is 1.63. The third-order valence-electron chi connectivity index (χ3n) is 2.92. The standard InChI is InChI=1S/C14H19NO2/c1-3-4-11-5-6-13(14(9-11)16-2)17-12-7-8-15-10-12/h3,5-6,9,12,15H,1,4,7-8,10H2,2H3. The molecule has 0 aromatic heterocycles. The van der Waals surface area contributed by atoms with Crippen LogP contribution < -0.4 is 14.8 Å². The lowest BCUT2D eigenvalue weighted by atomic mass is 10.1. The highest BCUT2D eigenvalue weighted by molar-refractivity contribution is 5.43.